The van der Waals surface area contributed by atoms with E-state index < -0.39 is 10.0 Å². The zero-order valence-electron chi connectivity index (χ0n) is 12.7. The number of sulfonamides is 1. The summed E-state index contributed by atoms with van der Waals surface area (Å²) in [4.78, 5) is 4.22. The lowest BCUT2D eigenvalue weighted by Gasteiger charge is -2.16. The Labute approximate surface area is 125 Å². The van der Waals surface area contributed by atoms with E-state index in [1.807, 2.05) is 39.8 Å². The summed E-state index contributed by atoms with van der Waals surface area (Å²) in [6.45, 7) is 7.73. The molecule has 2 rings (SSSR count). The molecular formula is C14H20N4O2S. The summed E-state index contributed by atoms with van der Waals surface area (Å²) in [6, 6.07) is 3.65. The number of aromatic nitrogens is 3. The fourth-order valence-corrected chi connectivity index (χ4v) is 4.00. The van der Waals surface area contributed by atoms with Gasteiger partial charge in [-0.15, -0.1) is 0 Å². The molecule has 0 saturated carbocycles. The molecule has 0 radical (unpaired) electrons. The van der Waals surface area contributed by atoms with E-state index in [-0.39, 0.29) is 12.6 Å². The average molecular weight is 308 g/mol. The minimum Gasteiger partial charge on any atom is -0.249 e. The van der Waals surface area contributed by atoms with Gasteiger partial charge in [0, 0.05) is 6.54 Å². The Morgan fingerprint density at radius 3 is 2.38 bits per heavy atom. The van der Waals surface area contributed by atoms with Gasteiger partial charge in [0.05, 0.1) is 10.9 Å². The first-order valence-electron chi connectivity index (χ1n) is 6.73. The van der Waals surface area contributed by atoms with Crippen molar-refractivity contribution in [3.05, 3.63) is 41.5 Å². The fraction of sp³-hybridized carbons (Fsp3) is 0.429. The first-order chi connectivity index (χ1) is 9.81. The molecule has 1 heterocycles. The van der Waals surface area contributed by atoms with Crippen LogP contribution in [0.15, 0.2) is 29.7 Å². The average Bonchev–Trinajstić information content (AvgIpc) is 2.88. The molecule has 21 heavy (non-hydrogen) atoms. The summed E-state index contributed by atoms with van der Waals surface area (Å²) in [5.74, 6) is 0. The highest BCUT2D eigenvalue weighted by molar-refractivity contribution is 7.89. The van der Waals surface area contributed by atoms with Crippen LogP contribution in [-0.4, -0.2) is 29.7 Å². The van der Waals surface area contributed by atoms with Gasteiger partial charge in [-0.05, 0) is 38.8 Å². The molecular weight excluding hydrogens is 288 g/mol. The Balaban J connectivity index is 2.20. The van der Waals surface area contributed by atoms with Gasteiger partial charge >= 0.3 is 0 Å². The van der Waals surface area contributed by atoms with Crippen molar-refractivity contribution in [1.82, 2.24) is 19.5 Å². The summed E-state index contributed by atoms with van der Waals surface area (Å²) in [6.07, 6.45) is 3.00. The predicted molar refractivity (Wildman–Crippen MR) is 80.6 cm³/mol. The van der Waals surface area contributed by atoms with Gasteiger partial charge in [-0.25, -0.2) is 22.8 Å². The number of benzene rings is 1. The quantitative estimate of drug-likeness (QED) is 0.913. The van der Waals surface area contributed by atoms with E-state index in [9.17, 15) is 8.42 Å². The lowest BCUT2D eigenvalue weighted by atomic mass is 10.1. The molecule has 0 saturated heterocycles. The minimum absolute atomic E-state index is 0.103. The van der Waals surface area contributed by atoms with Crippen LogP contribution in [0.5, 0.6) is 0 Å². The second-order valence-electron chi connectivity index (χ2n) is 5.30. The summed E-state index contributed by atoms with van der Waals surface area (Å²) in [7, 11) is -3.54. The molecule has 7 heteroatoms. The van der Waals surface area contributed by atoms with Crippen LogP contribution >= 0.6 is 0 Å². The smallest absolute Gasteiger partial charge is 0.241 e. The zero-order valence-corrected chi connectivity index (χ0v) is 13.5. The van der Waals surface area contributed by atoms with Crippen molar-refractivity contribution < 1.29 is 8.42 Å². The van der Waals surface area contributed by atoms with Crippen molar-refractivity contribution in [2.75, 3.05) is 6.54 Å². The number of hydrogen-bond acceptors (Lipinski definition) is 4. The maximum Gasteiger partial charge on any atom is 0.241 e. The number of rotatable bonds is 5. The minimum atomic E-state index is -3.54. The first-order valence-corrected chi connectivity index (χ1v) is 8.21. The van der Waals surface area contributed by atoms with Gasteiger partial charge in [0.25, 0.3) is 0 Å². The number of aryl methyl sites for hydroxylation is 3. The highest BCUT2D eigenvalue weighted by Crippen LogP contribution is 2.21. The number of nitrogens with zero attached hydrogens (tertiary/aromatic N) is 3. The van der Waals surface area contributed by atoms with E-state index in [1.54, 1.807) is 11.0 Å². The lowest BCUT2D eigenvalue weighted by Crippen LogP contribution is -2.30. The van der Waals surface area contributed by atoms with E-state index in [2.05, 4.69) is 14.8 Å². The van der Waals surface area contributed by atoms with Gasteiger partial charge in [-0.1, -0.05) is 17.7 Å². The van der Waals surface area contributed by atoms with Gasteiger partial charge < -0.3 is 0 Å². The lowest BCUT2D eigenvalue weighted by molar-refractivity contribution is 0.477. The van der Waals surface area contributed by atoms with E-state index in [1.165, 1.54) is 6.33 Å². The standard InChI is InChI=1S/C14H20N4O2S/c1-10-5-11(2)14(12(3)6-10)21(19,20)17-7-13(4)18-9-15-8-16-18/h5-6,8-9,13,17H,7H2,1-4H3/t13-/m1/s1. The maximum absolute atomic E-state index is 12.5. The molecule has 0 spiro atoms. The number of hydrogen-bond donors (Lipinski definition) is 1. The molecule has 1 aromatic heterocycles. The van der Waals surface area contributed by atoms with Crippen molar-refractivity contribution in [2.24, 2.45) is 0 Å². The molecule has 0 aliphatic rings. The van der Waals surface area contributed by atoms with Crippen LogP contribution in [-0.2, 0) is 10.0 Å². The molecule has 0 fully saturated rings. The van der Waals surface area contributed by atoms with Crippen LogP contribution in [0.25, 0.3) is 0 Å². The first kappa shape index (κ1) is 15.7. The Hall–Kier alpha value is -1.73. The molecule has 1 N–H and O–H groups in total. The van der Waals surface area contributed by atoms with Crippen LogP contribution < -0.4 is 4.72 Å². The zero-order chi connectivity index (χ0) is 15.6. The van der Waals surface area contributed by atoms with Gasteiger partial charge in [0.15, 0.2) is 0 Å². The third kappa shape index (κ3) is 3.48. The van der Waals surface area contributed by atoms with Crippen molar-refractivity contribution in [3.63, 3.8) is 0 Å². The molecule has 0 amide bonds. The van der Waals surface area contributed by atoms with Gasteiger partial charge in [-0.3, -0.25) is 0 Å². The molecule has 2 aromatic rings. The van der Waals surface area contributed by atoms with Gasteiger partial charge in [0.2, 0.25) is 10.0 Å². The summed E-state index contributed by atoms with van der Waals surface area (Å²) in [5, 5.41) is 4.01. The summed E-state index contributed by atoms with van der Waals surface area (Å²) in [5.41, 5.74) is 2.57. The molecule has 0 unspecified atom stereocenters. The van der Waals surface area contributed by atoms with Crippen molar-refractivity contribution in [1.29, 1.82) is 0 Å². The van der Waals surface area contributed by atoms with Gasteiger partial charge in [0.1, 0.15) is 12.7 Å². The monoisotopic (exact) mass is 308 g/mol. The van der Waals surface area contributed by atoms with E-state index >= 15 is 0 Å². The second-order valence-corrected chi connectivity index (χ2v) is 7.01. The summed E-state index contributed by atoms with van der Waals surface area (Å²) >= 11 is 0. The molecule has 1 atom stereocenters. The molecule has 114 valence electrons. The van der Waals surface area contributed by atoms with Crippen LogP contribution in [0.4, 0.5) is 0 Å². The van der Waals surface area contributed by atoms with Crippen LogP contribution in [0.1, 0.15) is 29.7 Å². The Morgan fingerprint density at radius 2 is 1.86 bits per heavy atom. The third-order valence-electron chi connectivity index (χ3n) is 3.33. The fourth-order valence-electron chi connectivity index (χ4n) is 2.43. The van der Waals surface area contributed by atoms with Crippen molar-refractivity contribution in [2.45, 2.75) is 38.6 Å². The third-order valence-corrected chi connectivity index (χ3v) is 5.06. The summed E-state index contributed by atoms with van der Waals surface area (Å²) < 4.78 is 29.3. The van der Waals surface area contributed by atoms with Crippen molar-refractivity contribution in [3.8, 4) is 0 Å². The Bertz CT molecular complexity index is 700. The Kier molecular flexibility index (Phi) is 4.43. The molecule has 0 aliphatic carbocycles. The normalized spacial score (nSPS) is 13.3. The van der Waals surface area contributed by atoms with E-state index in [4.69, 9.17) is 0 Å². The predicted octanol–water partition coefficient (Wildman–Crippen LogP) is 1.74. The molecule has 6 nitrogen and oxygen atoms in total. The molecule has 1 aromatic carbocycles. The van der Waals surface area contributed by atoms with Crippen LogP contribution in [0, 0.1) is 20.8 Å². The maximum atomic E-state index is 12.5. The highest BCUT2D eigenvalue weighted by Gasteiger charge is 2.20. The highest BCUT2D eigenvalue weighted by atomic mass is 32.2. The van der Waals surface area contributed by atoms with Gasteiger partial charge in [-0.2, -0.15) is 5.10 Å². The second kappa shape index (κ2) is 5.95. The SMILES string of the molecule is Cc1cc(C)c(S(=O)(=O)NC[C@@H](C)n2cncn2)c(C)c1. The van der Waals surface area contributed by atoms with E-state index in [0.29, 0.717) is 4.90 Å². The van der Waals surface area contributed by atoms with Crippen LogP contribution in [0.2, 0.25) is 0 Å². The molecule has 0 aliphatic heterocycles. The molecule has 0 bridgehead atoms. The van der Waals surface area contributed by atoms with E-state index in [0.717, 1.165) is 16.7 Å². The van der Waals surface area contributed by atoms with Crippen LogP contribution in [0.3, 0.4) is 0 Å². The Morgan fingerprint density at radius 1 is 1.24 bits per heavy atom. The topological polar surface area (TPSA) is 76.9 Å². The van der Waals surface area contributed by atoms with Crippen molar-refractivity contribution >= 4 is 10.0 Å². The largest absolute Gasteiger partial charge is 0.249 e. The number of nitrogens with one attached hydrogen (secondary N) is 1.